The number of hydrogen-bond acceptors (Lipinski definition) is 4. The molecule has 0 aliphatic carbocycles. The molecule has 4 rings (SSSR count). The summed E-state index contributed by atoms with van der Waals surface area (Å²) in [6.45, 7) is 3.35. The number of benzene rings is 1. The highest BCUT2D eigenvalue weighted by molar-refractivity contribution is 5.95. The highest BCUT2D eigenvalue weighted by Crippen LogP contribution is 2.17. The fourth-order valence-electron chi connectivity index (χ4n) is 3.90. The average molecular weight is 447 g/mol. The molecule has 1 aliphatic heterocycles. The minimum Gasteiger partial charge on any atom is -0.348 e. The van der Waals surface area contributed by atoms with Crippen LogP contribution in [0.5, 0.6) is 0 Å². The van der Waals surface area contributed by atoms with Crippen molar-refractivity contribution >= 4 is 29.2 Å². The smallest absolute Gasteiger partial charge is 0.263 e. The summed E-state index contributed by atoms with van der Waals surface area (Å²) in [5, 5.41) is 6.61. The van der Waals surface area contributed by atoms with Crippen LogP contribution >= 0.6 is 12.4 Å². The molecule has 0 radical (unpaired) electrons. The van der Waals surface area contributed by atoms with Crippen molar-refractivity contribution in [1.82, 2.24) is 20.2 Å². The number of carbonyl (C=O) groups is 1. The predicted octanol–water partition coefficient (Wildman–Crippen LogP) is 2.41. The highest BCUT2D eigenvalue weighted by Gasteiger charge is 2.21. The van der Waals surface area contributed by atoms with Crippen LogP contribution in [-0.4, -0.2) is 28.5 Å². The van der Waals surface area contributed by atoms with Gasteiger partial charge in [-0.05, 0) is 74.1 Å². The molecule has 1 aliphatic rings. The van der Waals surface area contributed by atoms with Crippen LogP contribution in [0.2, 0.25) is 0 Å². The lowest BCUT2D eigenvalue weighted by molar-refractivity contribution is 0.0947. The van der Waals surface area contributed by atoms with Crippen molar-refractivity contribution in [3.63, 3.8) is 0 Å². The third-order valence-electron chi connectivity index (χ3n) is 5.58. The molecule has 31 heavy (non-hydrogen) atoms. The van der Waals surface area contributed by atoms with Gasteiger partial charge < -0.3 is 20.2 Å². The minimum atomic E-state index is -0.514. The molecule has 7 nitrogen and oxygen atoms in total. The molecule has 1 amide bonds. The van der Waals surface area contributed by atoms with Crippen molar-refractivity contribution in [3.8, 4) is 0 Å². The second-order valence-electron chi connectivity index (χ2n) is 7.61. The topological polar surface area (TPSA) is 96.0 Å². The third-order valence-corrected chi connectivity index (χ3v) is 5.58. The molecular formula is C22H24ClFN4O3. The molecular weight excluding hydrogens is 423 g/mol. The monoisotopic (exact) mass is 446 g/mol. The fraction of sp³-hybridized carbons (Fsp3) is 0.318. The summed E-state index contributed by atoms with van der Waals surface area (Å²) in [6, 6.07) is 7.56. The predicted molar refractivity (Wildman–Crippen MR) is 120 cm³/mol. The number of carbonyl (C=O) groups excluding carboxylic acids is 1. The van der Waals surface area contributed by atoms with Crippen molar-refractivity contribution < 1.29 is 9.18 Å². The Kier molecular flexibility index (Phi) is 6.92. The summed E-state index contributed by atoms with van der Waals surface area (Å²) in [7, 11) is 0. The number of nitrogens with zero attached hydrogens (tertiary/aromatic N) is 1. The van der Waals surface area contributed by atoms with Crippen LogP contribution in [-0.2, 0) is 6.54 Å². The number of aromatic amines is 1. The van der Waals surface area contributed by atoms with Crippen LogP contribution in [0.4, 0.5) is 4.39 Å². The van der Waals surface area contributed by atoms with Gasteiger partial charge in [-0.3, -0.25) is 14.4 Å². The largest absolute Gasteiger partial charge is 0.348 e. The Balaban J connectivity index is 0.00000272. The number of nitrogens with one attached hydrogen (secondary N) is 3. The number of fused-ring (bicyclic) bond motifs is 1. The first kappa shape index (κ1) is 22.7. The Hall–Kier alpha value is -2.97. The molecule has 3 N–H and O–H groups in total. The van der Waals surface area contributed by atoms with Gasteiger partial charge in [-0.2, -0.15) is 0 Å². The molecule has 0 saturated carbocycles. The molecule has 3 aromatic rings. The summed E-state index contributed by atoms with van der Waals surface area (Å²) in [6.07, 6.45) is 3.41. The van der Waals surface area contributed by atoms with Crippen molar-refractivity contribution in [2.75, 3.05) is 13.1 Å². The van der Waals surface area contributed by atoms with Crippen molar-refractivity contribution in [3.05, 3.63) is 79.7 Å². The maximum absolute atomic E-state index is 13.3. The van der Waals surface area contributed by atoms with E-state index in [4.69, 9.17) is 0 Å². The van der Waals surface area contributed by atoms with Crippen LogP contribution in [0.3, 0.4) is 0 Å². The Morgan fingerprint density at radius 3 is 2.68 bits per heavy atom. The lowest BCUT2D eigenvalue weighted by Gasteiger charge is -2.25. The number of H-pyrrole nitrogens is 1. The van der Waals surface area contributed by atoms with Gasteiger partial charge in [0, 0.05) is 24.3 Å². The van der Waals surface area contributed by atoms with Crippen molar-refractivity contribution in [2.45, 2.75) is 32.4 Å². The Morgan fingerprint density at radius 2 is 1.94 bits per heavy atom. The van der Waals surface area contributed by atoms with E-state index in [0.717, 1.165) is 25.9 Å². The molecule has 0 unspecified atom stereocenters. The number of pyridine rings is 2. The van der Waals surface area contributed by atoms with Crippen molar-refractivity contribution in [1.29, 1.82) is 0 Å². The summed E-state index contributed by atoms with van der Waals surface area (Å²) in [5.41, 5.74) is 0.669. The molecule has 0 atom stereocenters. The number of halogens is 2. The number of aromatic nitrogens is 2. The first-order valence-corrected chi connectivity index (χ1v) is 9.96. The van der Waals surface area contributed by atoms with E-state index in [0.29, 0.717) is 22.0 Å². The van der Waals surface area contributed by atoms with Gasteiger partial charge in [-0.1, -0.05) is 0 Å². The van der Waals surface area contributed by atoms with E-state index in [1.54, 1.807) is 35.9 Å². The maximum atomic E-state index is 13.3. The molecule has 164 valence electrons. The van der Waals surface area contributed by atoms with Crippen LogP contribution in [0.1, 0.15) is 40.4 Å². The molecule has 9 heteroatoms. The average Bonchev–Trinajstić information content (AvgIpc) is 2.73. The first-order valence-electron chi connectivity index (χ1n) is 9.96. The molecule has 0 spiro atoms. The van der Waals surface area contributed by atoms with Crippen LogP contribution < -0.4 is 21.8 Å². The van der Waals surface area contributed by atoms with E-state index >= 15 is 0 Å². The lowest BCUT2D eigenvalue weighted by Crippen LogP contribution is -2.38. The van der Waals surface area contributed by atoms with Gasteiger partial charge in [0.25, 0.3) is 17.0 Å². The Morgan fingerprint density at radius 1 is 1.19 bits per heavy atom. The quantitative estimate of drug-likeness (QED) is 0.573. The Labute approximate surface area is 184 Å². The van der Waals surface area contributed by atoms with E-state index in [1.807, 2.05) is 0 Å². The number of hydrogen-bond donors (Lipinski definition) is 3. The second-order valence-corrected chi connectivity index (χ2v) is 7.61. The number of rotatable bonds is 4. The van der Waals surface area contributed by atoms with Crippen LogP contribution in [0.25, 0.3) is 10.9 Å². The standard InChI is InChI=1S/C22H23FN4O3.ClH/c1-13-6-9-27(17-4-7-24-8-5-17)22(30)19(13)21(29)25-12-15-10-14-2-3-16(23)11-18(14)26-20(15)28;/h2-3,6,9-11,17,24H,4-5,7-8,12H2,1H3,(H,25,29)(H,26,28);1H. The van der Waals surface area contributed by atoms with Gasteiger partial charge in [0.05, 0.1) is 5.52 Å². The van der Waals surface area contributed by atoms with Crippen LogP contribution in [0, 0.1) is 12.7 Å². The number of amides is 1. The maximum Gasteiger partial charge on any atom is 0.263 e. The zero-order valence-corrected chi connectivity index (χ0v) is 17.9. The summed E-state index contributed by atoms with van der Waals surface area (Å²) in [5.74, 6) is -0.955. The second kappa shape index (κ2) is 9.45. The minimum absolute atomic E-state index is 0. The molecule has 3 heterocycles. The Bertz CT molecular complexity index is 1230. The SMILES string of the molecule is Cc1ccn(C2CCNCC2)c(=O)c1C(=O)NCc1cc2ccc(F)cc2[nH]c1=O.Cl. The molecule has 1 aromatic carbocycles. The number of piperidine rings is 1. The van der Waals surface area contributed by atoms with E-state index < -0.39 is 17.3 Å². The van der Waals surface area contributed by atoms with E-state index in [-0.39, 0.29) is 36.1 Å². The molecule has 0 bridgehead atoms. The molecule has 1 saturated heterocycles. The summed E-state index contributed by atoms with van der Waals surface area (Å²) >= 11 is 0. The van der Waals surface area contributed by atoms with Gasteiger partial charge >= 0.3 is 0 Å². The normalized spacial score (nSPS) is 14.3. The molecule has 2 aromatic heterocycles. The first-order chi connectivity index (χ1) is 14.4. The van der Waals surface area contributed by atoms with E-state index in [9.17, 15) is 18.8 Å². The van der Waals surface area contributed by atoms with Gasteiger partial charge in [0.15, 0.2) is 0 Å². The van der Waals surface area contributed by atoms with Gasteiger partial charge in [0.1, 0.15) is 11.4 Å². The number of aryl methyl sites for hydroxylation is 1. The third kappa shape index (κ3) is 4.70. The van der Waals surface area contributed by atoms with Gasteiger partial charge in [-0.15, -0.1) is 12.4 Å². The van der Waals surface area contributed by atoms with E-state index in [1.165, 1.54) is 12.1 Å². The van der Waals surface area contributed by atoms with Gasteiger partial charge in [-0.25, -0.2) is 4.39 Å². The van der Waals surface area contributed by atoms with E-state index in [2.05, 4.69) is 15.6 Å². The van der Waals surface area contributed by atoms with Gasteiger partial charge in [0.2, 0.25) is 0 Å². The summed E-state index contributed by atoms with van der Waals surface area (Å²) in [4.78, 5) is 40.7. The van der Waals surface area contributed by atoms with Crippen molar-refractivity contribution in [2.24, 2.45) is 0 Å². The molecule has 1 fully saturated rings. The summed E-state index contributed by atoms with van der Waals surface area (Å²) < 4.78 is 15.0. The zero-order valence-electron chi connectivity index (χ0n) is 17.0. The highest BCUT2D eigenvalue weighted by atomic mass is 35.5. The fourth-order valence-corrected chi connectivity index (χ4v) is 3.90. The van der Waals surface area contributed by atoms with Crippen LogP contribution in [0.15, 0.2) is 46.1 Å². The lowest BCUT2D eigenvalue weighted by atomic mass is 10.0. The zero-order chi connectivity index (χ0) is 21.3.